The Morgan fingerprint density at radius 3 is 1.80 bits per heavy atom. The van der Waals surface area contributed by atoms with Gasteiger partial charge < -0.3 is 10.8 Å². The van der Waals surface area contributed by atoms with Crippen molar-refractivity contribution in [2.45, 2.75) is 13.2 Å². The van der Waals surface area contributed by atoms with Crippen molar-refractivity contribution in [2.24, 2.45) is 5.73 Å². The zero-order valence-corrected chi connectivity index (χ0v) is 2.60. The third-order valence-corrected chi connectivity index (χ3v) is 0. The van der Waals surface area contributed by atoms with Crippen molar-refractivity contribution in [3.63, 3.8) is 0 Å². The Balaban J connectivity index is 0. The molecule has 0 aliphatic carbocycles. The van der Waals surface area contributed by atoms with Gasteiger partial charge in [0.2, 0.25) is 0 Å². The minimum atomic E-state index is -0.667. The van der Waals surface area contributed by atoms with E-state index in [1.807, 2.05) is 0 Å². The van der Waals surface area contributed by atoms with Crippen LogP contribution in [0.5, 0.6) is 0 Å². The summed E-state index contributed by atoms with van der Waals surface area (Å²) in [4.78, 5) is 0. The summed E-state index contributed by atoms with van der Waals surface area (Å²) in [6, 6.07) is 0. The molecular formula is C2H11NOSn. The van der Waals surface area contributed by atoms with Gasteiger partial charge in [0, 0.05) is 0 Å². The molecule has 0 saturated carbocycles. The Bertz CT molecular complexity index is 14.4. The van der Waals surface area contributed by atoms with Gasteiger partial charge in [-0.05, 0) is 6.92 Å². The topological polar surface area (TPSA) is 46.2 Å². The number of aliphatic hydroxyl groups excluding tert-OH is 1. The van der Waals surface area contributed by atoms with Crippen LogP contribution in [0.4, 0.5) is 0 Å². The minimum absolute atomic E-state index is 0. The summed E-state index contributed by atoms with van der Waals surface area (Å²) >= 11 is 0. The molecule has 1 atom stereocenters. The average molecular weight is 184 g/mol. The number of nitrogens with two attached hydrogens (primary N) is 1. The van der Waals surface area contributed by atoms with E-state index >= 15 is 0 Å². The first kappa shape index (κ1) is 9.21. The van der Waals surface area contributed by atoms with Gasteiger partial charge in [0.15, 0.2) is 0 Å². The first-order valence-corrected chi connectivity index (χ1v) is 1.17. The Morgan fingerprint density at radius 2 is 1.80 bits per heavy atom. The molecule has 5 heavy (non-hydrogen) atoms. The molecule has 0 spiro atoms. The van der Waals surface area contributed by atoms with Gasteiger partial charge in [-0.25, -0.2) is 0 Å². The zero-order chi connectivity index (χ0) is 3.58. The van der Waals surface area contributed by atoms with Crippen LogP contribution in [-0.4, -0.2) is 35.2 Å². The van der Waals surface area contributed by atoms with E-state index in [2.05, 4.69) is 5.73 Å². The monoisotopic (exact) mass is 185 g/mol. The molecule has 0 aromatic rings. The Morgan fingerprint density at radius 1 is 1.80 bits per heavy atom. The predicted molar refractivity (Wildman–Crippen MR) is 27.2 cm³/mol. The van der Waals surface area contributed by atoms with E-state index in [9.17, 15) is 0 Å². The molecule has 3 N–H and O–H groups in total. The molecule has 0 radical (unpaired) electrons. The van der Waals surface area contributed by atoms with Crippen LogP contribution in [0.3, 0.4) is 0 Å². The van der Waals surface area contributed by atoms with E-state index in [1.54, 1.807) is 0 Å². The van der Waals surface area contributed by atoms with Crippen LogP contribution in [0, 0.1) is 0 Å². The second-order valence-corrected chi connectivity index (χ2v) is 0.741. The van der Waals surface area contributed by atoms with Gasteiger partial charge >= 0.3 is 23.9 Å². The van der Waals surface area contributed by atoms with Crippen molar-refractivity contribution in [1.82, 2.24) is 0 Å². The van der Waals surface area contributed by atoms with Gasteiger partial charge in [-0.15, -0.1) is 0 Å². The number of rotatable bonds is 0. The number of aliphatic hydroxyl groups is 1. The summed E-state index contributed by atoms with van der Waals surface area (Å²) in [6.07, 6.45) is -0.667. The molecule has 0 aromatic heterocycles. The molecule has 0 fully saturated rings. The third kappa shape index (κ3) is 67.5. The van der Waals surface area contributed by atoms with E-state index in [-0.39, 0.29) is 23.9 Å². The molecule has 0 rings (SSSR count). The van der Waals surface area contributed by atoms with Crippen molar-refractivity contribution in [3.8, 4) is 0 Å². The van der Waals surface area contributed by atoms with E-state index in [0.717, 1.165) is 0 Å². The first-order valence-electron chi connectivity index (χ1n) is 1.17. The van der Waals surface area contributed by atoms with Gasteiger partial charge in [-0.2, -0.15) is 0 Å². The number of hydrogen-bond acceptors (Lipinski definition) is 2. The molecule has 0 aliphatic rings. The van der Waals surface area contributed by atoms with Crippen molar-refractivity contribution in [1.29, 1.82) is 0 Å². The summed E-state index contributed by atoms with van der Waals surface area (Å²) in [7, 11) is 0. The van der Waals surface area contributed by atoms with Crippen LogP contribution < -0.4 is 5.73 Å². The van der Waals surface area contributed by atoms with E-state index in [0.29, 0.717) is 0 Å². The van der Waals surface area contributed by atoms with Crippen molar-refractivity contribution in [2.75, 3.05) is 0 Å². The van der Waals surface area contributed by atoms with Crippen LogP contribution in [-0.2, 0) is 0 Å². The summed E-state index contributed by atoms with van der Waals surface area (Å²) in [6.45, 7) is 1.50. The van der Waals surface area contributed by atoms with E-state index in [4.69, 9.17) is 5.11 Å². The third-order valence-electron chi connectivity index (χ3n) is 0. The SMILES string of the molecule is CC(N)O.[SnH4]. The van der Waals surface area contributed by atoms with Crippen molar-refractivity contribution in [3.05, 3.63) is 0 Å². The molecule has 0 heterocycles. The molecule has 0 amide bonds. The summed E-state index contributed by atoms with van der Waals surface area (Å²) in [5.74, 6) is 0. The fourth-order valence-electron chi connectivity index (χ4n) is 0. The summed E-state index contributed by atoms with van der Waals surface area (Å²) < 4.78 is 0. The molecular weight excluding hydrogens is 173 g/mol. The standard InChI is InChI=1S/C2H7NO.Sn.4H/c1-2(3)4;;;;;/h2,4H,3H2,1H3;;;;;. The normalized spacial score (nSPS) is 12.6. The molecule has 0 bridgehead atoms. The zero-order valence-electron chi connectivity index (χ0n) is 2.60. The Kier molecular flexibility index (Phi) is 8.69. The van der Waals surface area contributed by atoms with Crippen LogP contribution >= 0.6 is 0 Å². The quantitative estimate of drug-likeness (QED) is 0.332. The Labute approximate surface area is 48.3 Å². The molecule has 1 unspecified atom stereocenters. The van der Waals surface area contributed by atoms with E-state index in [1.165, 1.54) is 6.92 Å². The predicted octanol–water partition coefficient (Wildman–Crippen LogP) is -2.17. The molecule has 3 heteroatoms. The molecule has 0 saturated heterocycles. The van der Waals surface area contributed by atoms with Gasteiger partial charge in [0.25, 0.3) is 0 Å². The van der Waals surface area contributed by atoms with Gasteiger partial charge in [-0.1, -0.05) is 0 Å². The maximum atomic E-state index is 7.83. The fraction of sp³-hybridized carbons (Fsp3) is 1.00. The van der Waals surface area contributed by atoms with Crippen LogP contribution in [0.25, 0.3) is 0 Å². The average Bonchev–Trinajstić information content (AvgIpc) is 0.811. The second-order valence-electron chi connectivity index (χ2n) is 0.741. The van der Waals surface area contributed by atoms with Crippen molar-refractivity contribution >= 4 is 23.9 Å². The second kappa shape index (κ2) is 4.72. The molecule has 0 aliphatic heterocycles. The van der Waals surface area contributed by atoms with Gasteiger partial charge in [0.1, 0.15) is 0 Å². The molecule has 2 nitrogen and oxygen atoms in total. The summed E-state index contributed by atoms with van der Waals surface area (Å²) in [5.41, 5.74) is 4.67. The van der Waals surface area contributed by atoms with Crippen molar-refractivity contribution < 1.29 is 5.11 Å². The van der Waals surface area contributed by atoms with Gasteiger partial charge in [0.05, 0.1) is 6.23 Å². The molecule has 34 valence electrons. The van der Waals surface area contributed by atoms with Crippen LogP contribution in [0.2, 0.25) is 0 Å². The first-order chi connectivity index (χ1) is 1.73. The van der Waals surface area contributed by atoms with Crippen LogP contribution in [0.15, 0.2) is 0 Å². The fourth-order valence-corrected chi connectivity index (χ4v) is 0. The molecule has 0 aromatic carbocycles. The number of hydrogen-bond donors (Lipinski definition) is 2. The van der Waals surface area contributed by atoms with Gasteiger partial charge in [-0.3, -0.25) is 0 Å². The van der Waals surface area contributed by atoms with Crippen LogP contribution in [0.1, 0.15) is 6.92 Å². The summed E-state index contributed by atoms with van der Waals surface area (Å²) in [5, 5.41) is 7.83. The maximum absolute atomic E-state index is 7.83. The van der Waals surface area contributed by atoms with E-state index < -0.39 is 6.23 Å². The Hall–Kier alpha value is 0.719.